The maximum Gasteiger partial charge on any atom is 0.315 e. The van der Waals surface area contributed by atoms with E-state index in [1.807, 2.05) is 30.3 Å². The van der Waals surface area contributed by atoms with E-state index in [1.165, 1.54) is 0 Å². The van der Waals surface area contributed by atoms with Gasteiger partial charge < -0.3 is 21.1 Å². The summed E-state index contributed by atoms with van der Waals surface area (Å²) in [5.74, 6) is 0. The van der Waals surface area contributed by atoms with Gasteiger partial charge in [0.05, 0.1) is 18.7 Å². The van der Waals surface area contributed by atoms with Gasteiger partial charge in [0.2, 0.25) is 0 Å². The molecule has 1 aliphatic heterocycles. The van der Waals surface area contributed by atoms with Crippen LogP contribution in [-0.4, -0.2) is 31.8 Å². The summed E-state index contributed by atoms with van der Waals surface area (Å²) in [4.78, 5) is 11.8. The number of benzene rings is 1. The van der Waals surface area contributed by atoms with Crippen LogP contribution >= 0.6 is 0 Å². The Kier molecular flexibility index (Phi) is 4.55. The van der Waals surface area contributed by atoms with Crippen LogP contribution in [0.5, 0.6) is 0 Å². The van der Waals surface area contributed by atoms with Crippen molar-refractivity contribution in [1.29, 1.82) is 0 Å². The van der Waals surface area contributed by atoms with Gasteiger partial charge in [0, 0.05) is 13.2 Å². The molecule has 0 radical (unpaired) electrons. The Balaban J connectivity index is 1.87. The molecule has 5 nitrogen and oxygen atoms in total. The van der Waals surface area contributed by atoms with Gasteiger partial charge in [-0.1, -0.05) is 30.3 Å². The maximum absolute atomic E-state index is 11.8. The van der Waals surface area contributed by atoms with Crippen molar-refractivity contribution in [2.45, 2.75) is 18.5 Å². The van der Waals surface area contributed by atoms with E-state index in [0.29, 0.717) is 19.8 Å². The standard InChI is InChI=1S/C13H19N3O2/c14-8-12(10-4-2-1-3-5-10)16-13(17)15-11-6-7-18-9-11/h1-5,11-12H,6-9,14H2,(H2,15,16,17). The highest BCUT2D eigenvalue weighted by Gasteiger charge is 2.19. The molecule has 2 atom stereocenters. The number of nitrogens with one attached hydrogen (secondary N) is 2. The molecule has 1 heterocycles. The first-order chi connectivity index (χ1) is 8.79. The number of hydrogen-bond acceptors (Lipinski definition) is 3. The first-order valence-corrected chi connectivity index (χ1v) is 6.19. The van der Waals surface area contributed by atoms with Crippen LogP contribution in [0, 0.1) is 0 Å². The minimum absolute atomic E-state index is 0.110. The predicted octanol–water partition coefficient (Wildman–Crippen LogP) is 0.775. The van der Waals surface area contributed by atoms with Crippen LogP contribution in [0.25, 0.3) is 0 Å². The molecule has 1 aromatic carbocycles. The van der Waals surface area contributed by atoms with Gasteiger partial charge in [-0.3, -0.25) is 0 Å². The van der Waals surface area contributed by atoms with Crippen molar-refractivity contribution in [3.05, 3.63) is 35.9 Å². The van der Waals surface area contributed by atoms with Crippen molar-refractivity contribution < 1.29 is 9.53 Å². The maximum atomic E-state index is 11.8. The second-order valence-corrected chi connectivity index (χ2v) is 4.38. The predicted molar refractivity (Wildman–Crippen MR) is 69.1 cm³/mol. The SMILES string of the molecule is NCC(NC(=O)NC1CCOC1)c1ccccc1. The van der Waals surface area contributed by atoms with E-state index in [9.17, 15) is 4.79 Å². The monoisotopic (exact) mass is 249 g/mol. The molecule has 1 aliphatic rings. The van der Waals surface area contributed by atoms with E-state index >= 15 is 0 Å². The molecule has 0 bridgehead atoms. The number of rotatable bonds is 4. The van der Waals surface area contributed by atoms with Crippen molar-refractivity contribution in [1.82, 2.24) is 10.6 Å². The molecule has 1 fully saturated rings. The van der Waals surface area contributed by atoms with Crippen molar-refractivity contribution in [3.8, 4) is 0 Å². The number of urea groups is 1. The van der Waals surface area contributed by atoms with E-state index < -0.39 is 0 Å². The Morgan fingerprint density at radius 1 is 1.44 bits per heavy atom. The molecule has 1 saturated heterocycles. The van der Waals surface area contributed by atoms with E-state index in [0.717, 1.165) is 12.0 Å². The number of amides is 2. The molecule has 2 amide bonds. The number of carbonyl (C=O) groups excluding carboxylic acids is 1. The highest BCUT2D eigenvalue weighted by molar-refractivity contribution is 5.74. The van der Waals surface area contributed by atoms with Gasteiger partial charge in [-0.2, -0.15) is 0 Å². The normalized spacial score (nSPS) is 20.4. The highest BCUT2D eigenvalue weighted by atomic mass is 16.5. The van der Waals surface area contributed by atoms with Gasteiger partial charge in [0.1, 0.15) is 0 Å². The Bertz CT molecular complexity index is 377. The van der Waals surface area contributed by atoms with Crippen molar-refractivity contribution in [3.63, 3.8) is 0 Å². The van der Waals surface area contributed by atoms with Gasteiger partial charge in [0.15, 0.2) is 0 Å². The third kappa shape index (κ3) is 3.45. The molecule has 0 spiro atoms. The second-order valence-electron chi connectivity index (χ2n) is 4.38. The Hall–Kier alpha value is -1.59. The third-order valence-electron chi connectivity index (χ3n) is 3.01. The lowest BCUT2D eigenvalue weighted by Crippen LogP contribution is -2.45. The molecule has 1 aromatic rings. The summed E-state index contributed by atoms with van der Waals surface area (Å²) in [6, 6.07) is 9.47. The van der Waals surface area contributed by atoms with Gasteiger partial charge in [0.25, 0.3) is 0 Å². The van der Waals surface area contributed by atoms with Crippen molar-refractivity contribution >= 4 is 6.03 Å². The summed E-state index contributed by atoms with van der Waals surface area (Å²) in [6.45, 7) is 1.68. The van der Waals surface area contributed by atoms with Crippen LogP contribution in [0.4, 0.5) is 4.79 Å². The van der Waals surface area contributed by atoms with E-state index in [2.05, 4.69) is 10.6 Å². The van der Waals surface area contributed by atoms with Crippen molar-refractivity contribution in [2.75, 3.05) is 19.8 Å². The smallest absolute Gasteiger partial charge is 0.315 e. The van der Waals surface area contributed by atoms with Crippen molar-refractivity contribution in [2.24, 2.45) is 5.73 Å². The molecule has 98 valence electrons. The summed E-state index contributed by atoms with van der Waals surface area (Å²) in [5.41, 5.74) is 6.71. The quantitative estimate of drug-likeness (QED) is 0.738. The number of ether oxygens (including phenoxy) is 1. The fourth-order valence-corrected chi connectivity index (χ4v) is 2.00. The third-order valence-corrected chi connectivity index (χ3v) is 3.01. The molecule has 18 heavy (non-hydrogen) atoms. The average Bonchev–Trinajstić information content (AvgIpc) is 2.90. The van der Waals surface area contributed by atoms with E-state index in [-0.39, 0.29) is 18.1 Å². The van der Waals surface area contributed by atoms with Crippen LogP contribution in [0.3, 0.4) is 0 Å². The molecule has 2 unspecified atom stereocenters. The second kappa shape index (κ2) is 6.37. The molecular weight excluding hydrogens is 230 g/mol. The molecule has 5 heteroatoms. The molecule has 0 aromatic heterocycles. The molecule has 0 aliphatic carbocycles. The molecule has 4 N–H and O–H groups in total. The number of hydrogen-bond donors (Lipinski definition) is 3. The minimum Gasteiger partial charge on any atom is -0.379 e. The van der Waals surface area contributed by atoms with Crippen LogP contribution < -0.4 is 16.4 Å². The summed E-state index contributed by atoms with van der Waals surface area (Å²) in [7, 11) is 0. The first-order valence-electron chi connectivity index (χ1n) is 6.19. The topological polar surface area (TPSA) is 76.4 Å². The fourth-order valence-electron chi connectivity index (χ4n) is 2.00. The first kappa shape index (κ1) is 12.9. The Morgan fingerprint density at radius 3 is 2.83 bits per heavy atom. The minimum atomic E-state index is -0.190. The zero-order valence-corrected chi connectivity index (χ0v) is 10.3. The zero-order valence-electron chi connectivity index (χ0n) is 10.3. The van der Waals surface area contributed by atoms with Gasteiger partial charge in [-0.05, 0) is 12.0 Å². The van der Waals surface area contributed by atoms with E-state index in [4.69, 9.17) is 10.5 Å². The van der Waals surface area contributed by atoms with Crippen LogP contribution in [0.1, 0.15) is 18.0 Å². The van der Waals surface area contributed by atoms with Gasteiger partial charge >= 0.3 is 6.03 Å². The lowest BCUT2D eigenvalue weighted by molar-refractivity contribution is 0.188. The molecule has 0 saturated carbocycles. The summed E-state index contributed by atoms with van der Waals surface area (Å²) in [5, 5.41) is 5.76. The molecule has 2 rings (SSSR count). The lowest BCUT2D eigenvalue weighted by Gasteiger charge is -2.19. The number of nitrogens with two attached hydrogens (primary N) is 1. The summed E-state index contributed by atoms with van der Waals surface area (Å²) < 4.78 is 5.21. The average molecular weight is 249 g/mol. The lowest BCUT2D eigenvalue weighted by atomic mass is 10.1. The van der Waals surface area contributed by atoms with Crippen LogP contribution in [0.2, 0.25) is 0 Å². The Labute approximate surface area is 107 Å². The largest absolute Gasteiger partial charge is 0.379 e. The summed E-state index contributed by atoms with van der Waals surface area (Å²) in [6.07, 6.45) is 0.867. The number of carbonyl (C=O) groups is 1. The zero-order chi connectivity index (χ0) is 12.8. The van der Waals surface area contributed by atoms with Crippen LogP contribution in [-0.2, 0) is 4.74 Å². The molecular formula is C13H19N3O2. The van der Waals surface area contributed by atoms with Crippen LogP contribution in [0.15, 0.2) is 30.3 Å². The van der Waals surface area contributed by atoms with Gasteiger partial charge in [-0.25, -0.2) is 4.79 Å². The van der Waals surface area contributed by atoms with E-state index in [1.54, 1.807) is 0 Å². The highest BCUT2D eigenvalue weighted by Crippen LogP contribution is 2.11. The Morgan fingerprint density at radius 2 is 2.22 bits per heavy atom. The van der Waals surface area contributed by atoms with Gasteiger partial charge in [-0.15, -0.1) is 0 Å². The summed E-state index contributed by atoms with van der Waals surface area (Å²) >= 11 is 0. The fraction of sp³-hybridized carbons (Fsp3) is 0.462.